The van der Waals surface area contributed by atoms with Gasteiger partial charge >= 0.3 is 0 Å². The number of carbonyl (C=O) groups is 1. The van der Waals surface area contributed by atoms with E-state index in [-0.39, 0.29) is 5.91 Å². The van der Waals surface area contributed by atoms with E-state index < -0.39 is 0 Å². The summed E-state index contributed by atoms with van der Waals surface area (Å²) >= 11 is 12.3. The summed E-state index contributed by atoms with van der Waals surface area (Å²) < 4.78 is 0. The van der Waals surface area contributed by atoms with Crippen LogP contribution in [0.3, 0.4) is 0 Å². The SMILES string of the molecule is O=C(N/N=C\C(Cl)=C/c1ccccc1)c1ccc(N/N=C\C(Cl)=C\c2ccccc2)cc1. The Kier molecular flexibility index (Phi) is 8.80. The Labute approximate surface area is 196 Å². The summed E-state index contributed by atoms with van der Waals surface area (Å²) in [5, 5.41) is 8.86. The van der Waals surface area contributed by atoms with Crippen LogP contribution in [0.15, 0.2) is 105 Å². The van der Waals surface area contributed by atoms with Crippen molar-refractivity contribution in [3.05, 3.63) is 112 Å². The zero-order valence-electron chi connectivity index (χ0n) is 17.0. The maximum absolute atomic E-state index is 12.2. The van der Waals surface area contributed by atoms with Crippen molar-refractivity contribution in [3.8, 4) is 0 Å². The van der Waals surface area contributed by atoms with Gasteiger partial charge in [-0.2, -0.15) is 10.2 Å². The lowest BCUT2D eigenvalue weighted by atomic mass is 10.2. The number of hydrogen-bond donors (Lipinski definition) is 2. The van der Waals surface area contributed by atoms with Crippen molar-refractivity contribution in [1.82, 2.24) is 5.43 Å². The number of anilines is 1. The Balaban J connectivity index is 1.49. The molecular formula is C25H20Cl2N4O. The molecule has 0 bridgehead atoms. The average molecular weight is 463 g/mol. The Morgan fingerprint density at radius 2 is 1.19 bits per heavy atom. The first-order valence-electron chi connectivity index (χ1n) is 9.67. The van der Waals surface area contributed by atoms with Crippen molar-refractivity contribution in [2.45, 2.75) is 0 Å². The van der Waals surface area contributed by atoms with Crippen LogP contribution in [-0.2, 0) is 0 Å². The quantitative estimate of drug-likeness (QED) is 0.302. The Morgan fingerprint density at radius 1 is 0.688 bits per heavy atom. The summed E-state index contributed by atoms with van der Waals surface area (Å²) in [6.45, 7) is 0. The molecule has 0 aliphatic heterocycles. The fourth-order valence-electron chi connectivity index (χ4n) is 2.57. The molecule has 3 aromatic rings. The van der Waals surface area contributed by atoms with E-state index in [1.807, 2.05) is 66.7 Å². The molecule has 3 aromatic carbocycles. The first-order valence-corrected chi connectivity index (χ1v) is 10.4. The summed E-state index contributed by atoms with van der Waals surface area (Å²) in [5.74, 6) is -0.352. The minimum Gasteiger partial charge on any atom is -0.278 e. The van der Waals surface area contributed by atoms with E-state index in [1.165, 1.54) is 12.4 Å². The molecule has 0 spiro atoms. The number of carbonyl (C=O) groups excluding carboxylic acids is 1. The van der Waals surface area contributed by atoms with Crippen LogP contribution in [0.5, 0.6) is 0 Å². The zero-order chi connectivity index (χ0) is 22.6. The minimum atomic E-state index is -0.352. The van der Waals surface area contributed by atoms with E-state index in [0.717, 1.165) is 11.1 Å². The van der Waals surface area contributed by atoms with Gasteiger partial charge in [-0.05, 0) is 47.5 Å². The number of halogens is 2. The van der Waals surface area contributed by atoms with Gasteiger partial charge in [0.2, 0.25) is 0 Å². The monoisotopic (exact) mass is 462 g/mol. The van der Waals surface area contributed by atoms with E-state index in [0.29, 0.717) is 21.3 Å². The molecule has 0 aromatic heterocycles. The Morgan fingerprint density at radius 3 is 1.72 bits per heavy atom. The van der Waals surface area contributed by atoms with Crippen molar-refractivity contribution in [3.63, 3.8) is 0 Å². The van der Waals surface area contributed by atoms with E-state index in [2.05, 4.69) is 21.1 Å². The molecule has 0 aliphatic rings. The van der Waals surface area contributed by atoms with Gasteiger partial charge in [-0.25, -0.2) is 5.43 Å². The van der Waals surface area contributed by atoms with Gasteiger partial charge in [-0.15, -0.1) is 0 Å². The lowest BCUT2D eigenvalue weighted by Crippen LogP contribution is -2.17. The number of nitrogens with one attached hydrogen (secondary N) is 2. The smallest absolute Gasteiger partial charge is 0.271 e. The summed E-state index contributed by atoms with van der Waals surface area (Å²) in [6, 6.07) is 26.1. The van der Waals surface area contributed by atoms with Gasteiger partial charge in [0.25, 0.3) is 5.91 Å². The molecule has 0 heterocycles. The van der Waals surface area contributed by atoms with Crippen LogP contribution in [-0.4, -0.2) is 18.3 Å². The zero-order valence-corrected chi connectivity index (χ0v) is 18.5. The fraction of sp³-hybridized carbons (Fsp3) is 0. The highest BCUT2D eigenvalue weighted by atomic mass is 35.5. The standard InChI is InChI=1S/C25H20Cl2N4O/c26-22(15-19-7-3-1-4-8-19)17-28-30-24-13-11-21(12-14-24)25(32)31-29-18-23(27)16-20-9-5-2-6-10-20/h1-18,30H,(H,31,32)/b22-15-,23-16+,28-17-,29-18-. The van der Waals surface area contributed by atoms with Gasteiger partial charge in [0.15, 0.2) is 0 Å². The minimum absolute atomic E-state index is 0.352. The third kappa shape index (κ3) is 7.87. The van der Waals surface area contributed by atoms with Crippen molar-refractivity contribution < 1.29 is 4.79 Å². The van der Waals surface area contributed by atoms with Crippen molar-refractivity contribution in [2.24, 2.45) is 10.2 Å². The van der Waals surface area contributed by atoms with Gasteiger partial charge in [-0.3, -0.25) is 10.2 Å². The molecule has 0 fully saturated rings. The van der Waals surface area contributed by atoms with Crippen LogP contribution in [0.4, 0.5) is 5.69 Å². The summed E-state index contributed by atoms with van der Waals surface area (Å²) in [6.07, 6.45) is 6.45. The summed E-state index contributed by atoms with van der Waals surface area (Å²) in [5.41, 5.74) is 8.39. The number of nitrogens with zero attached hydrogens (tertiary/aromatic N) is 2. The highest BCUT2D eigenvalue weighted by molar-refractivity contribution is 6.41. The van der Waals surface area contributed by atoms with Crippen LogP contribution in [0.25, 0.3) is 12.2 Å². The fourth-order valence-corrected chi connectivity index (χ4v) is 2.92. The van der Waals surface area contributed by atoms with Gasteiger partial charge in [0.1, 0.15) is 0 Å². The second kappa shape index (κ2) is 12.2. The van der Waals surface area contributed by atoms with Gasteiger partial charge in [-0.1, -0.05) is 83.9 Å². The largest absolute Gasteiger partial charge is 0.278 e. The Hall–Kier alpha value is -3.67. The van der Waals surface area contributed by atoms with Crippen LogP contribution in [0, 0.1) is 0 Å². The molecule has 1 amide bonds. The molecule has 7 heteroatoms. The average Bonchev–Trinajstić information content (AvgIpc) is 2.81. The van der Waals surface area contributed by atoms with Gasteiger partial charge in [0, 0.05) is 5.56 Å². The molecular weight excluding hydrogens is 443 g/mol. The maximum atomic E-state index is 12.2. The number of hydrogen-bond acceptors (Lipinski definition) is 4. The van der Waals surface area contributed by atoms with Crippen molar-refractivity contribution in [1.29, 1.82) is 0 Å². The third-order valence-corrected chi connectivity index (χ3v) is 4.50. The van der Waals surface area contributed by atoms with Crippen molar-refractivity contribution >= 4 is 59.4 Å². The number of allylic oxidation sites excluding steroid dienone is 2. The van der Waals surface area contributed by atoms with Gasteiger partial charge in [0.05, 0.1) is 28.2 Å². The second-order valence-corrected chi connectivity index (χ2v) is 7.40. The van der Waals surface area contributed by atoms with Crippen LogP contribution in [0.2, 0.25) is 0 Å². The molecule has 0 saturated heterocycles. The molecule has 5 nitrogen and oxygen atoms in total. The lowest BCUT2D eigenvalue weighted by molar-refractivity contribution is 0.0955. The first kappa shape index (κ1) is 23.0. The maximum Gasteiger partial charge on any atom is 0.271 e. The molecule has 0 radical (unpaired) electrons. The summed E-state index contributed by atoms with van der Waals surface area (Å²) in [4.78, 5) is 12.2. The molecule has 3 rings (SSSR count). The van der Waals surface area contributed by atoms with E-state index in [9.17, 15) is 4.79 Å². The van der Waals surface area contributed by atoms with Gasteiger partial charge < -0.3 is 0 Å². The summed E-state index contributed by atoms with van der Waals surface area (Å²) in [7, 11) is 0. The molecule has 0 atom stereocenters. The highest BCUT2D eigenvalue weighted by Gasteiger charge is 2.03. The molecule has 0 unspecified atom stereocenters. The molecule has 0 aliphatic carbocycles. The molecule has 2 N–H and O–H groups in total. The number of hydrazone groups is 2. The van der Waals surface area contributed by atoms with Crippen molar-refractivity contribution in [2.75, 3.05) is 5.43 Å². The molecule has 32 heavy (non-hydrogen) atoms. The van der Waals surface area contributed by atoms with Crippen LogP contribution >= 0.6 is 23.2 Å². The van der Waals surface area contributed by atoms with E-state index in [1.54, 1.807) is 30.3 Å². The molecule has 0 saturated carbocycles. The number of amides is 1. The predicted molar refractivity (Wildman–Crippen MR) is 135 cm³/mol. The molecule has 160 valence electrons. The number of benzene rings is 3. The van der Waals surface area contributed by atoms with E-state index in [4.69, 9.17) is 23.2 Å². The second-order valence-electron chi connectivity index (χ2n) is 6.53. The van der Waals surface area contributed by atoms with Crippen LogP contribution in [0.1, 0.15) is 21.5 Å². The third-order valence-electron chi connectivity index (χ3n) is 4.09. The number of rotatable bonds is 8. The highest BCUT2D eigenvalue weighted by Crippen LogP contribution is 2.12. The van der Waals surface area contributed by atoms with Crippen LogP contribution < -0.4 is 10.9 Å². The normalized spacial score (nSPS) is 12.3. The topological polar surface area (TPSA) is 65.8 Å². The lowest BCUT2D eigenvalue weighted by Gasteiger charge is -2.03. The first-order chi connectivity index (χ1) is 15.6. The predicted octanol–water partition coefficient (Wildman–Crippen LogP) is 6.36. The van der Waals surface area contributed by atoms with E-state index >= 15 is 0 Å². The Bertz CT molecular complexity index is 1140.